The van der Waals surface area contributed by atoms with Crippen molar-refractivity contribution in [2.24, 2.45) is 12.8 Å². The SMILES string of the molecule is CN(C(=O)C(N)=O)c1ccc2c(c1)ncn2C. The minimum atomic E-state index is -0.978. The van der Waals surface area contributed by atoms with Crippen molar-refractivity contribution in [2.75, 3.05) is 11.9 Å². The molecule has 88 valence electrons. The van der Waals surface area contributed by atoms with E-state index in [0.717, 1.165) is 11.0 Å². The van der Waals surface area contributed by atoms with E-state index in [4.69, 9.17) is 5.73 Å². The molecule has 1 heterocycles. The molecule has 2 N–H and O–H groups in total. The molecule has 0 saturated carbocycles. The van der Waals surface area contributed by atoms with Crippen molar-refractivity contribution in [3.8, 4) is 0 Å². The van der Waals surface area contributed by atoms with Gasteiger partial charge in [0.25, 0.3) is 0 Å². The van der Waals surface area contributed by atoms with Gasteiger partial charge in [-0.15, -0.1) is 0 Å². The molecule has 2 aromatic rings. The molecule has 0 atom stereocenters. The van der Waals surface area contributed by atoms with Crippen LogP contribution in [0.4, 0.5) is 5.69 Å². The number of aromatic nitrogens is 2. The summed E-state index contributed by atoms with van der Waals surface area (Å²) in [5.74, 6) is -1.73. The fraction of sp³-hybridized carbons (Fsp3) is 0.182. The molecule has 0 fully saturated rings. The largest absolute Gasteiger partial charge is 0.361 e. The zero-order valence-electron chi connectivity index (χ0n) is 9.54. The van der Waals surface area contributed by atoms with Gasteiger partial charge in [-0.05, 0) is 18.2 Å². The lowest BCUT2D eigenvalue weighted by molar-refractivity contribution is -0.135. The molecule has 0 bridgehead atoms. The van der Waals surface area contributed by atoms with Gasteiger partial charge in [0.1, 0.15) is 0 Å². The lowest BCUT2D eigenvalue weighted by atomic mass is 10.2. The Hall–Kier alpha value is -2.37. The van der Waals surface area contributed by atoms with Gasteiger partial charge in [-0.3, -0.25) is 9.59 Å². The minimum absolute atomic E-state index is 0.583. The van der Waals surface area contributed by atoms with E-state index in [1.807, 2.05) is 17.7 Å². The molecule has 0 aliphatic rings. The number of carbonyl (C=O) groups is 2. The Morgan fingerprint density at radius 2 is 2.12 bits per heavy atom. The van der Waals surface area contributed by atoms with E-state index in [2.05, 4.69) is 4.98 Å². The van der Waals surface area contributed by atoms with E-state index in [1.165, 1.54) is 11.9 Å². The van der Waals surface area contributed by atoms with Crippen molar-refractivity contribution >= 4 is 28.5 Å². The van der Waals surface area contributed by atoms with E-state index < -0.39 is 11.8 Å². The van der Waals surface area contributed by atoms with Crippen LogP contribution in [-0.4, -0.2) is 28.4 Å². The molecule has 0 unspecified atom stereocenters. The van der Waals surface area contributed by atoms with Crippen LogP contribution in [-0.2, 0) is 16.6 Å². The van der Waals surface area contributed by atoms with Gasteiger partial charge in [-0.25, -0.2) is 4.98 Å². The van der Waals surface area contributed by atoms with Crippen molar-refractivity contribution in [1.82, 2.24) is 9.55 Å². The first-order chi connectivity index (χ1) is 8.00. The van der Waals surface area contributed by atoms with Crippen molar-refractivity contribution in [1.29, 1.82) is 0 Å². The third kappa shape index (κ3) is 1.84. The van der Waals surface area contributed by atoms with Crippen LogP contribution in [0.2, 0.25) is 0 Å². The summed E-state index contributed by atoms with van der Waals surface area (Å²) in [7, 11) is 3.38. The van der Waals surface area contributed by atoms with E-state index in [0.29, 0.717) is 5.69 Å². The highest BCUT2D eigenvalue weighted by Crippen LogP contribution is 2.20. The van der Waals surface area contributed by atoms with Gasteiger partial charge in [0.15, 0.2) is 0 Å². The number of primary amides is 1. The number of hydrogen-bond donors (Lipinski definition) is 1. The number of amides is 2. The minimum Gasteiger partial charge on any atom is -0.361 e. The predicted molar refractivity (Wildman–Crippen MR) is 63.3 cm³/mol. The fourth-order valence-electron chi connectivity index (χ4n) is 1.62. The fourth-order valence-corrected chi connectivity index (χ4v) is 1.62. The van der Waals surface area contributed by atoms with Crippen LogP contribution < -0.4 is 10.6 Å². The second-order valence-corrected chi connectivity index (χ2v) is 3.76. The number of nitrogens with zero attached hydrogens (tertiary/aromatic N) is 3. The molecule has 0 aliphatic carbocycles. The quantitative estimate of drug-likeness (QED) is 0.704. The van der Waals surface area contributed by atoms with Crippen LogP contribution in [0, 0.1) is 0 Å². The van der Waals surface area contributed by atoms with Gasteiger partial charge < -0.3 is 15.2 Å². The topological polar surface area (TPSA) is 81.2 Å². The lowest BCUT2D eigenvalue weighted by Gasteiger charge is -2.14. The maximum atomic E-state index is 11.4. The van der Waals surface area contributed by atoms with Gasteiger partial charge in [0.05, 0.1) is 17.4 Å². The van der Waals surface area contributed by atoms with Crippen LogP contribution in [0.25, 0.3) is 11.0 Å². The molecule has 0 spiro atoms. The van der Waals surface area contributed by atoms with Crippen molar-refractivity contribution in [3.63, 3.8) is 0 Å². The monoisotopic (exact) mass is 232 g/mol. The number of imidazole rings is 1. The highest BCUT2D eigenvalue weighted by atomic mass is 16.2. The third-order valence-electron chi connectivity index (χ3n) is 2.61. The Morgan fingerprint density at radius 3 is 2.76 bits per heavy atom. The number of aryl methyl sites for hydroxylation is 1. The first-order valence-corrected chi connectivity index (χ1v) is 4.99. The number of likely N-dealkylation sites (N-methyl/N-ethyl adjacent to an activating group) is 1. The summed E-state index contributed by atoms with van der Waals surface area (Å²) in [5.41, 5.74) is 7.24. The maximum Gasteiger partial charge on any atom is 0.315 e. The van der Waals surface area contributed by atoms with Gasteiger partial charge in [0, 0.05) is 19.8 Å². The highest BCUT2D eigenvalue weighted by Gasteiger charge is 2.17. The molecule has 6 heteroatoms. The van der Waals surface area contributed by atoms with Gasteiger partial charge >= 0.3 is 11.8 Å². The number of anilines is 1. The van der Waals surface area contributed by atoms with E-state index >= 15 is 0 Å². The second kappa shape index (κ2) is 3.89. The normalized spacial score (nSPS) is 10.5. The number of rotatable bonds is 1. The summed E-state index contributed by atoms with van der Waals surface area (Å²) >= 11 is 0. The van der Waals surface area contributed by atoms with Crippen LogP contribution in [0.3, 0.4) is 0 Å². The highest BCUT2D eigenvalue weighted by molar-refractivity contribution is 6.39. The number of hydrogen-bond acceptors (Lipinski definition) is 3. The number of nitrogens with two attached hydrogens (primary N) is 1. The van der Waals surface area contributed by atoms with E-state index in [9.17, 15) is 9.59 Å². The van der Waals surface area contributed by atoms with Crippen LogP contribution in [0.1, 0.15) is 0 Å². The summed E-state index contributed by atoms with van der Waals surface area (Å²) in [5, 5.41) is 0. The number of fused-ring (bicyclic) bond motifs is 1. The summed E-state index contributed by atoms with van der Waals surface area (Å²) in [6.07, 6.45) is 1.68. The standard InChI is InChI=1S/C11H12N4O2/c1-14-6-13-8-5-7(3-4-9(8)14)15(2)11(17)10(12)16/h3-6H,1-2H3,(H2,12,16). The Bertz CT molecular complexity index is 603. The van der Waals surface area contributed by atoms with Gasteiger partial charge in [0.2, 0.25) is 0 Å². The molecule has 2 rings (SSSR count). The van der Waals surface area contributed by atoms with E-state index in [1.54, 1.807) is 18.5 Å². The average molecular weight is 232 g/mol. The van der Waals surface area contributed by atoms with Crippen molar-refractivity contribution in [3.05, 3.63) is 24.5 Å². The smallest absolute Gasteiger partial charge is 0.315 e. The van der Waals surface area contributed by atoms with E-state index in [-0.39, 0.29) is 0 Å². The Balaban J connectivity index is 2.43. The molecular weight excluding hydrogens is 220 g/mol. The third-order valence-corrected chi connectivity index (χ3v) is 2.61. The lowest BCUT2D eigenvalue weighted by Crippen LogP contribution is -2.37. The predicted octanol–water partition coefficient (Wildman–Crippen LogP) is 0.0214. The second-order valence-electron chi connectivity index (χ2n) is 3.76. The Kier molecular flexibility index (Phi) is 2.55. The first-order valence-electron chi connectivity index (χ1n) is 4.99. The summed E-state index contributed by atoms with van der Waals surface area (Å²) < 4.78 is 1.87. The zero-order valence-corrected chi connectivity index (χ0v) is 9.54. The van der Waals surface area contributed by atoms with Crippen molar-refractivity contribution in [2.45, 2.75) is 0 Å². The summed E-state index contributed by atoms with van der Waals surface area (Å²) in [4.78, 5) is 27.6. The molecule has 17 heavy (non-hydrogen) atoms. The van der Waals surface area contributed by atoms with Crippen LogP contribution in [0.15, 0.2) is 24.5 Å². The summed E-state index contributed by atoms with van der Waals surface area (Å²) in [6.45, 7) is 0. The number of benzene rings is 1. The Morgan fingerprint density at radius 1 is 1.41 bits per heavy atom. The molecule has 0 aliphatic heterocycles. The molecule has 0 radical (unpaired) electrons. The summed E-state index contributed by atoms with van der Waals surface area (Å²) in [6, 6.07) is 5.31. The maximum absolute atomic E-state index is 11.4. The van der Waals surface area contributed by atoms with Crippen LogP contribution in [0.5, 0.6) is 0 Å². The van der Waals surface area contributed by atoms with Gasteiger partial charge in [-0.1, -0.05) is 0 Å². The first kappa shape index (κ1) is 11.1. The van der Waals surface area contributed by atoms with Crippen LogP contribution >= 0.6 is 0 Å². The molecular formula is C11H12N4O2. The molecule has 1 aromatic heterocycles. The van der Waals surface area contributed by atoms with Crippen molar-refractivity contribution < 1.29 is 9.59 Å². The average Bonchev–Trinajstić information content (AvgIpc) is 2.68. The zero-order chi connectivity index (χ0) is 12.6. The molecule has 0 saturated heterocycles. The Labute approximate surface area is 97.6 Å². The number of carbonyl (C=O) groups excluding carboxylic acids is 2. The molecule has 6 nitrogen and oxygen atoms in total. The molecule has 2 amide bonds. The van der Waals surface area contributed by atoms with Gasteiger partial charge in [-0.2, -0.15) is 0 Å². The molecule has 1 aromatic carbocycles.